The highest BCUT2D eigenvalue weighted by Crippen LogP contribution is 2.39. The summed E-state index contributed by atoms with van der Waals surface area (Å²) in [5, 5.41) is 11.9. The maximum Gasteiger partial charge on any atom is 0.255 e. The number of thiocarbonyl (C=S) groups is 1. The Labute approximate surface area is 192 Å². The molecule has 0 bridgehead atoms. The first-order valence-corrected chi connectivity index (χ1v) is 10.8. The molecule has 4 rings (SSSR count). The Morgan fingerprint density at radius 1 is 1.06 bits per heavy atom. The van der Waals surface area contributed by atoms with Crippen molar-refractivity contribution in [1.29, 1.82) is 0 Å². The Hall–Kier alpha value is -3.58. The molecule has 1 aliphatic heterocycles. The number of hydrogen-bond donors (Lipinski definition) is 3. The number of nitrogens with one attached hydrogen (secondary N) is 3. The van der Waals surface area contributed by atoms with Gasteiger partial charge in [-0.25, -0.2) is 0 Å². The lowest BCUT2D eigenvalue weighted by atomic mass is 9.90. The van der Waals surface area contributed by atoms with E-state index in [1.807, 2.05) is 74.5 Å². The van der Waals surface area contributed by atoms with Crippen LogP contribution < -0.4 is 25.4 Å². The second-order valence-corrected chi connectivity index (χ2v) is 7.76. The number of allylic oxidation sites excluding steroid dienone is 1. The van der Waals surface area contributed by atoms with E-state index in [1.54, 1.807) is 7.11 Å². The summed E-state index contributed by atoms with van der Waals surface area (Å²) in [5.41, 5.74) is 2.67. The Morgan fingerprint density at radius 2 is 1.81 bits per heavy atom. The molecule has 0 saturated carbocycles. The zero-order valence-electron chi connectivity index (χ0n) is 18.2. The SMILES string of the molecule is CCOc1ccccc1NC(=O)C1=C(C)NC(=S)N[C@@H]1c1c(OC)ccc2ccccc12. The highest BCUT2D eigenvalue weighted by Gasteiger charge is 2.33. The van der Waals surface area contributed by atoms with Gasteiger partial charge in [0.15, 0.2) is 5.11 Å². The van der Waals surface area contributed by atoms with E-state index >= 15 is 0 Å². The molecule has 7 heteroatoms. The van der Waals surface area contributed by atoms with Crippen molar-refractivity contribution in [3.8, 4) is 11.5 Å². The molecular formula is C25H25N3O3S. The zero-order chi connectivity index (χ0) is 22.7. The molecule has 6 nitrogen and oxygen atoms in total. The molecule has 3 N–H and O–H groups in total. The lowest BCUT2D eigenvalue weighted by molar-refractivity contribution is -0.113. The summed E-state index contributed by atoms with van der Waals surface area (Å²) < 4.78 is 11.4. The highest BCUT2D eigenvalue weighted by atomic mass is 32.1. The van der Waals surface area contributed by atoms with E-state index < -0.39 is 6.04 Å². The number of hydrogen-bond acceptors (Lipinski definition) is 4. The van der Waals surface area contributed by atoms with Crippen molar-refractivity contribution >= 4 is 39.7 Å². The van der Waals surface area contributed by atoms with Crippen LogP contribution in [0.1, 0.15) is 25.5 Å². The van der Waals surface area contributed by atoms with Crippen LogP contribution in [-0.2, 0) is 4.79 Å². The Balaban J connectivity index is 1.81. The quantitative estimate of drug-likeness (QED) is 0.477. The van der Waals surface area contributed by atoms with Crippen molar-refractivity contribution in [1.82, 2.24) is 10.6 Å². The van der Waals surface area contributed by atoms with Gasteiger partial charge in [-0.05, 0) is 55.0 Å². The van der Waals surface area contributed by atoms with E-state index in [0.717, 1.165) is 16.3 Å². The van der Waals surface area contributed by atoms with E-state index in [4.69, 9.17) is 21.7 Å². The molecule has 1 heterocycles. The third-order valence-electron chi connectivity index (χ3n) is 5.39. The molecular weight excluding hydrogens is 422 g/mol. The second kappa shape index (κ2) is 9.28. The number of carbonyl (C=O) groups excluding carboxylic acids is 1. The van der Waals surface area contributed by atoms with Gasteiger partial charge in [-0.2, -0.15) is 0 Å². The minimum absolute atomic E-state index is 0.253. The zero-order valence-corrected chi connectivity index (χ0v) is 19.0. The van der Waals surface area contributed by atoms with Crippen molar-refractivity contribution in [2.45, 2.75) is 19.9 Å². The summed E-state index contributed by atoms with van der Waals surface area (Å²) in [7, 11) is 1.63. The minimum Gasteiger partial charge on any atom is -0.496 e. The fraction of sp³-hybridized carbons (Fsp3) is 0.200. The normalized spacial score (nSPS) is 15.7. The number of methoxy groups -OCH3 is 1. The first-order chi connectivity index (χ1) is 15.5. The van der Waals surface area contributed by atoms with Crippen LogP contribution in [0.4, 0.5) is 5.69 Å². The first kappa shape index (κ1) is 21.6. The monoisotopic (exact) mass is 447 g/mol. The van der Waals surface area contributed by atoms with Crippen LogP contribution in [0.25, 0.3) is 10.8 Å². The van der Waals surface area contributed by atoms with Crippen molar-refractivity contribution in [3.05, 3.63) is 77.5 Å². The third-order valence-corrected chi connectivity index (χ3v) is 5.61. The average Bonchev–Trinajstić information content (AvgIpc) is 2.79. The number of fused-ring (bicyclic) bond motifs is 1. The van der Waals surface area contributed by atoms with E-state index in [-0.39, 0.29) is 5.91 Å². The minimum atomic E-state index is -0.496. The van der Waals surface area contributed by atoms with Crippen molar-refractivity contribution in [2.24, 2.45) is 0 Å². The third kappa shape index (κ3) is 4.11. The number of benzene rings is 3. The molecule has 0 fully saturated rings. The summed E-state index contributed by atoms with van der Waals surface area (Å²) in [5.74, 6) is 1.05. The van der Waals surface area contributed by atoms with Crippen LogP contribution in [0.3, 0.4) is 0 Å². The number of ether oxygens (including phenoxy) is 2. The summed E-state index contributed by atoms with van der Waals surface area (Å²) in [4.78, 5) is 13.6. The summed E-state index contributed by atoms with van der Waals surface area (Å²) in [6.45, 7) is 4.26. The van der Waals surface area contributed by atoms with E-state index in [2.05, 4.69) is 16.0 Å². The molecule has 0 radical (unpaired) electrons. The molecule has 0 aliphatic carbocycles. The first-order valence-electron chi connectivity index (χ1n) is 10.4. The molecule has 164 valence electrons. The molecule has 1 amide bonds. The lowest BCUT2D eigenvalue weighted by Crippen LogP contribution is -2.46. The Bertz CT molecular complexity index is 1220. The van der Waals surface area contributed by atoms with Crippen molar-refractivity contribution in [3.63, 3.8) is 0 Å². The van der Waals surface area contributed by atoms with Crippen LogP contribution >= 0.6 is 12.2 Å². The molecule has 1 aliphatic rings. The fourth-order valence-corrected chi connectivity index (χ4v) is 4.27. The van der Waals surface area contributed by atoms with Gasteiger partial charge in [0.25, 0.3) is 5.91 Å². The van der Waals surface area contributed by atoms with Gasteiger partial charge in [0.05, 0.1) is 31.0 Å². The summed E-state index contributed by atoms with van der Waals surface area (Å²) in [6.07, 6.45) is 0. The van der Waals surface area contributed by atoms with Crippen LogP contribution in [0.2, 0.25) is 0 Å². The topological polar surface area (TPSA) is 71.6 Å². The number of carbonyl (C=O) groups is 1. The van der Waals surface area contributed by atoms with Gasteiger partial charge in [-0.3, -0.25) is 4.79 Å². The average molecular weight is 448 g/mol. The van der Waals surface area contributed by atoms with Crippen LogP contribution in [0, 0.1) is 0 Å². The molecule has 1 atom stereocenters. The molecule has 3 aromatic rings. The van der Waals surface area contributed by atoms with Gasteiger partial charge in [0.2, 0.25) is 0 Å². The number of rotatable bonds is 6. The summed E-state index contributed by atoms with van der Waals surface area (Å²) >= 11 is 5.44. The predicted octanol–water partition coefficient (Wildman–Crippen LogP) is 4.68. The fourth-order valence-electron chi connectivity index (χ4n) is 4.00. The number of anilines is 1. The van der Waals surface area contributed by atoms with Crippen molar-refractivity contribution in [2.75, 3.05) is 19.0 Å². The van der Waals surface area contributed by atoms with E-state index in [9.17, 15) is 4.79 Å². The Kier molecular flexibility index (Phi) is 6.28. The maximum absolute atomic E-state index is 13.6. The van der Waals surface area contributed by atoms with E-state index in [0.29, 0.717) is 40.2 Å². The lowest BCUT2D eigenvalue weighted by Gasteiger charge is -2.32. The van der Waals surface area contributed by atoms with Crippen LogP contribution in [-0.4, -0.2) is 24.7 Å². The number of amides is 1. The van der Waals surface area contributed by atoms with Gasteiger partial charge in [0.1, 0.15) is 11.5 Å². The van der Waals surface area contributed by atoms with Gasteiger partial charge in [-0.15, -0.1) is 0 Å². The summed E-state index contributed by atoms with van der Waals surface area (Å²) in [6, 6.07) is 18.8. The Morgan fingerprint density at radius 3 is 2.59 bits per heavy atom. The molecule has 32 heavy (non-hydrogen) atoms. The van der Waals surface area contributed by atoms with E-state index in [1.165, 1.54) is 0 Å². The standard InChI is InChI=1S/C25H25N3O3S/c1-4-31-19-12-8-7-11-18(19)27-24(29)21-15(2)26-25(32)28-23(21)22-17-10-6-5-9-16(17)13-14-20(22)30-3/h5-14,23H,4H2,1-3H3,(H,27,29)(H2,26,28,32)/t23-/m0/s1. The maximum atomic E-state index is 13.6. The second-order valence-electron chi connectivity index (χ2n) is 7.36. The van der Waals surface area contributed by atoms with Gasteiger partial charge in [0, 0.05) is 11.3 Å². The van der Waals surface area contributed by atoms with Gasteiger partial charge in [-0.1, -0.05) is 42.5 Å². The predicted molar refractivity (Wildman–Crippen MR) is 131 cm³/mol. The molecule has 3 aromatic carbocycles. The van der Waals surface area contributed by atoms with Crippen LogP contribution in [0.5, 0.6) is 11.5 Å². The highest BCUT2D eigenvalue weighted by molar-refractivity contribution is 7.80. The van der Waals surface area contributed by atoms with Gasteiger partial charge >= 0.3 is 0 Å². The van der Waals surface area contributed by atoms with Crippen molar-refractivity contribution < 1.29 is 14.3 Å². The van der Waals surface area contributed by atoms with Gasteiger partial charge < -0.3 is 25.4 Å². The largest absolute Gasteiger partial charge is 0.496 e. The molecule has 0 spiro atoms. The number of para-hydroxylation sites is 2. The molecule has 0 aromatic heterocycles. The molecule has 0 unspecified atom stereocenters. The smallest absolute Gasteiger partial charge is 0.255 e. The van der Waals surface area contributed by atoms with Crippen LogP contribution in [0.15, 0.2) is 71.9 Å². The molecule has 0 saturated heterocycles.